The van der Waals surface area contributed by atoms with Crippen molar-refractivity contribution in [1.82, 2.24) is 4.98 Å². The SMILES string of the molecule is CSc1c(F)cncc1B1OC(C)(C)C(C)(C)O1. The maximum Gasteiger partial charge on any atom is 0.497 e. The quantitative estimate of drug-likeness (QED) is 0.608. The van der Waals surface area contributed by atoms with E-state index >= 15 is 0 Å². The molecule has 1 aromatic heterocycles. The zero-order chi connectivity index (χ0) is 13.6. The number of nitrogens with zero attached hydrogens (tertiary/aromatic N) is 1. The van der Waals surface area contributed by atoms with Gasteiger partial charge in [0.05, 0.1) is 17.4 Å². The maximum atomic E-state index is 13.7. The fourth-order valence-electron chi connectivity index (χ4n) is 1.79. The molecule has 1 fully saturated rings. The summed E-state index contributed by atoms with van der Waals surface area (Å²) in [7, 11) is -0.569. The van der Waals surface area contributed by atoms with E-state index in [-0.39, 0.29) is 5.82 Å². The molecule has 1 aromatic rings. The Hall–Kier alpha value is -0.585. The van der Waals surface area contributed by atoms with E-state index in [0.717, 1.165) is 0 Å². The van der Waals surface area contributed by atoms with E-state index in [1.54, 1.807) is 6.20 Å². The predicted octanol–water partition coefficient (Wildman–Crippen LogP) is 2.24. The minimum absolute atomic E-state index is 0.338. The van der Waals surface area contributed by atoms with Gasteiger partial charge in [0.2, 0.25) is 0 Å². The van der Waals surface area contributed by atoms with Crippen LogP contribution in [0.15, 0.2) is 17.3 Å². The highest BCUT2D eigenvalue weighted by Crippen LogP contribution is 2.37. The number of rotatable bonds is 2. The standard InChI is InChI=1S/C12H17BFNO2S/c1-11(2)12(3,4)17-13(16-11)8-6-15-7-9(14)10(8)18-5/h6-7H,1-5H3. The normalized spacial score (nSPS) is 21.3. The topological polar surface area (TPSA) is 31.4 Å². The van der Waals surface area contributed by atoms with Gasteiger partial charge in [-0.05, 0) is 34.0 Å². The molecule has 6 heteroatoms. The molecule has 0 bridgehead atoms. The lowest BCUT2D eigenvalue weighted by Crippen LogP contribution is -2.41. The summed E-state index contributed by atoms with van der Waals surface area (Å²) in [4.78, 5) is 4.42. The van der Waals surface area contributed by atoms with Gasteiger partial charge in [-0.25, -0.2) is 4.39 Å². The lowest BCUT2D eigenvalue weighted by Gasteiger charge is -2.32. The molecule has 0 aromatic carbocycles. The zero-order valence-electron chi connectivity index (χ0n) is 11.3. The molecule has 2 heterocycles. The molecule has 0 aliphatic carbocycles. The third-order valence-electron chi connectivity index (χ3n) is 3.59. The predicted molar refractivity (Wildman–Crippen MR) is 71.7 cm³/mol. The molecule has 98 valence electrons. The molecule has 0 unspecified atom stereocenters. The molecule has 18 heavy (non-hydrogen) atoms. The van der Waals surface area contributed by atoms with Crippen LogP contribution in [-0.2, 0) is 9.31 Å². The van der Waals surface area contributed by atoms with Crippen molar-refractivity contribution in [2.24, 2.45) is 0 Å². The molecule has 2 rings (SSSR count). The monoisotopic (exact) mass is 269 g/mol. The van der Waals surface area contributed by atoms with Crippen LogP contribution in [0, 0.1) is 5.82 Å². The Bertz CT molecular complexity index is 451. The summed E-state index contributed by atoms with van der Waals surface area (Å²) in [5, 5.41) is 0. The summed E-state index contributed by atoms with van der Waals surface area (Å²) < 4.78 is 25.5. The molecule has 3 nitrogen and oxygen atoms in total. The lowest BCUT2D eigenvalue weighted by molar-refractivity contribution is 0.00578. The second-order valence-corrected chi connectivity index (χ2v) is 6.15. The molecule has 0 amide bonds. The number of pyridine rings is 1. The van der Waals surface area contributed by atoms with E-state index in [2.05, 4.69) is 4.98 Å². The van der Waals surface area contributed by atoms with Crippen molar-refractivity contribution >= 4 is 24.3 Å². The third-order valence-corrected chi connectivity index (χ3v) is 4.43. The summed E-state index contributed by atoms with van der Waals surface area (Å²) in [5.41, 5.74) is -0.208. The highest BCUT2D eigenvalue weighted by Gasteiger charge is 2.52. The van der Waals surface area contributed by atoms with Gasteiger partial charge in [0.25, 0.3) is 0 Å². The Balaban J connectivity index is 2.38. The van der Waals surface area contributed by atoms with Crippen LogP contribution in [0.3, 0.4) is 0 Å². The molecular formula is C12H17BFNO2S. The van der Waals surface area contributed by atoms with Crippen LogP contribution in [0.25, 0.3) is 0 Å². The summed E-state index contributed by atoms with van der Waals surface area (Å²) in [6.07, 6.45) is 4.64. The van der Waals surface area contributed by atoms with Crippen LogP contribution in [0.1, 0.15) is 27.7 Å². The summed E-state index contributed by atoms with van der Waals surface area (Å²) >= 11 is 1.33. The van der Waals surface area contributed by atoms with Gasteiger partial charge in [0.15, 0.2) is 5.82 Å². The molecule has 0 spiro atoms. The fraction of sp³-hybridized carbons (Fsp3) is 0.583. The Morgan fingerprint density at radius 3 is 2.22 bits per heavy atom. The van der Waals surface area contributed by atoms with E-state index in [9.17, 15) is 4.39 Å². The van der Waals surface area contributed by atoms with Gasteiger partial charge >= 0.3 is 7.12 Å². The Morgan fingerprint density at radius 1 is 1.17 bits per heavy atom. The van der Waals surface area contributed by atoms with E-state index in [1.165, 1.54) is 18.0 Å². The van der Waals surface area contributed by atoms with Gasteiger partial charge in [-0.1, -0.05) is 0 Å². The average Bonchev–Trinajstić information content (AvgIpc) is 2.47. The van der Waals surface area contributed by atoms with Gasteiger partial charge in [-0.15, -0.1) is 11.8 Å². The van der Waals surface area contributed by atoms with Gasteiger partial charge in [0, 0.05) is 16.6 Å². The van der Waals surface area contributed by atoms with Crippen LogP contribution in [-0.4, -0.2) is 29.6 Å². The first kappa shape index (κ1) is 13.8. The van der Waals surface area contributed by atoms with Crippen LogP contribution in [0.2, 0.25) is 0 Å². The molecule has 1 saturated heterocycles. The van der Waals surface area contributed by atoms with E-state index in [4.69, 9.17) is 9.31 Å². The van der Waals surface area contributed by atoms with Crippen molar-refractivity contribution in [2.75, 3.05) is 6.26 Å². The van der Waals surface area contributed by atoms with Gasteiger partial charge in [0.1, 0.15) is 0 Å². The molecule has 0 N–H and O–H groups in total. The number of hydrogen-bond donors (Lipinski definition) is 0. The van der Waals surface area contributed by atoms with E-state index < -0.39 is 18.3 Å². The second kappa shape index (κ2) is 4.51. The first-order chi connectivity index (χ1) is 8.28. The van der Waals surface area contributed by atoms with Crippen molar-refractivity contribution in [3.8, 4) is 0 Å². The number of hydrogen-bond acceptors (Lipinski definition) is 4. The molecule has 0 saturated carbocycles. The highest BCUT2D eigenvalue weighted by molar-refractivity contribution is 7.98. The largest absolute Gasteiger partial charge is 0.497 e. The van der Waals surface area contributed by atoms with Crippen LogP contribution in [0.4, 0.5) is 4.39 Å². The summed E-state index contributed by atoms with van der Waals surface area (Å²) in [6.45, 7) is 7.88. The molecule has 0 radical (unpaired) electrons. The van der Waals surface area contributed by atoms with Crippen LogP contribution >= 0.6 is 11.8 Å². The Labute approximate surface area is 112 Å². The van der Waals surface area contributed by atoms with Crippen molar-refractivity contribution in [2.45, 2.75) is 43.8 Å². The Morgan fingerprint density at radius 2 is 1.72 bits per heavy atom. The first-order valence-corrected chi connectivity index (χ1v) is 7.04. The first-order valence-electron chi connectivity index (χ1n) is 5.81. The number of halogens is 1. The summed E-state index contributed by atoms with van der Waals surface area (Å²) in [5.74, 6) is -0.338. The smallest absolute Gasteiger partial charge is 0.399 e. The maximum absolute atomic E-state index is 13.7. The highest BCUT2D eigenvalue weighted by atomic mass is 32.2. The molecule has 0 atom stereocenters. The van der Waals surface area contributed by atoms with Gasteiger partial charge in [-0.2, -0.15) is 0 Å². The number of aromatic nitrogens is 1. The minimum Gasteiger partial charge on any atom is -0.399 e. The third kappa shape index (κ3) is 2.17. The van der Waals surface area contributed by atoms with E-state index in [1.807, 2.05) is 34.0 Å². The molecule has 1 aliphatic heterocycles. The zero-order valence-corrected chi connectivity index (χ0v) is 12.1. The average molecular weight is 269 g/mol. The molecule has 1 aliphatic rings. The fourth-order valence-corrected chi connectivity index (χ4v) is 2.42. The van der Waals surface area contributed by atoms with Crippen LogP contribution < -0.4 is 5.46 Å². The number of thioether (sulfide) groups is 1. The van der Waals surface area contributed by atoms with Crippen LogP contribution in [0.5, 0.6) is 0 Å². The lowest BCUT2D eigenvalue weighted by atomic mass is 9.80. The summed E-state index contributed by atoms with van der Waals surface area (Å²) in [6, 6.07) is 0. The van der Waals surface area contributed by atoms with Crippen molar-refractivity contribution in [1.29, 1.82) is 0 Å². The second-order valence-electron chi connectivity index (χ2n) is 5.33. The Kier molecular flexibility index (Phi) is 3.47. The van der Waals surface area contributed by atoms with Gasteiger partial charge < -0.3 is 9.31 Å². The van der Waals surface area contributed by atoms with Gasteiger partial charge in [-0.3, -0.25) is 4.98 Å². The van der Waals surface area contributed by atoms with Crippen molar-refractivity contribution in [3.05, 3.63) is 18.2 Å². The van der Waals surface area contributed by atoms with E-state index in [0.29, 0.717) is 10.4 Å². The van der Waals surface area contributed by atoms with Crippen molar-refractivity contribution < 1.29 is 13.7 Å². The minimum atomic E-state index is -0.569. The van der Waals surface area contributed by atoms with Crippen molar-refractivity contribution in [3.63, 3.8) is 0 Å². The molecular weight excluding hydrogens is 252 g/mol.